The summed E-state index contributed by atoms with van der Waals surface area (Å²) in [6.07, 6.45) is 1.90. The number of ether oxygens (including phenoxy) is 1. The van der Waals surface area contributed by atoms with E-state index >= 15 is 0 Å². The van der Waals surface area contributed by atoms with E-state index < -0.39 is 0 Å². The number of rotatable bonds is 1. The number of nitriles is 1. The van der Waals surface area contributed by atoms with Crippen LogP contribution in [0.25, 0.3) is 11.1 Å². The number of imidazole rings is 1. The zero-order valence-electron chi connectivity index (χ0n) is 21.6. The Labute approximate surface area is 222 Å². The monoisotopic (exact) mass is 503 g/mol. The number of carbonyl (C=O) groups is 1. The summed E-state index contributed by atoms with van der Waals surface area (Å²) in [4.78, 5) is 22.0. The van der Waals surface area contributed by atoms with Gasteiger partial charge in [-0.3, -0.25) is 9.69 Å². The summed E-state index contributed by atoms with van der Waals surface area (Å²) in [7, 11) is 0. The number of aryl methyl sites for hydroxylation is 2. The summed E-state index contributed by atoms with van der Waals surface area (Å²) >= 11 is 0. The molecule has 1 atom stereocenters. The van der Waals surface area contributed by atoms with Gasteiger partial charge >= 0.3 is 0 Å². The van der Waals surface area contributed by atoms with Gasteiger partial charge in [-0.05, 0) is 65.9 Å². The highest BCUT2D eigenvalue weighted by Gasteiger charge is 2.26. The van der Waals surface area contributed by atoms with Crippen LogP contribution in [0.15, 0.2) is 66.9 Å². The van der Waals surface area contributed by atoms with Crippen LogP contribution in [0.1, 0.15) is 33.8 Å². The third kappa shape index (κ3) is 4.55. The second-order valence-corrected chi connectivity index (χ2v) is 10.1. The van der Waals surface area contributed by atoms with Gasteiger partial charge in [0.15, 0.2) is 0 Å². The van der Waals surface area contributed by atoms with Crippen molar-refractivity contribution < 1.29 is 9.53 Å². The molecule has 190 valence electrons. The highest BCUT2D eigenvalue weighted by molar-refractivity contribution is 5.80. The Hall–Kier alpha value is -4.41. The standard InChI is InChI=1S/C31H29N5O2/c1-21-5-3-4-6-28(21)29-10-9-27-14-25(29)18-35-12-11-34(20-31(35)37)19-26-16-33-22(2)36(26)17-23-7-8-24(15-32)30(13-23)38-27/h3-10,13-14,16H,11-12,17-20H2,1-2H3. The molecule has 7 rings (SSSR count). The molecular weight excluding hydrogens is 474 g/mol. The van der Waals surface area contributed by atoms with Crippen LogP contribution in [0.4, 0.5) is 0 Å². The molecule has 4 heterocycles. The third-order valence-corrected chi connectivity index (χ3v) is 7.53. The Balaban J connectivity index is 1.48. The maximum absolute atomic E-state index is 13.3. The fourth-order valence-electron chi connectivity index (χ4n) is 5.41. The molecule has 3 aliphatic rings. The number of hydrogen-bond acceptors (Lipinski definition) is 5. The molecule has 1 fully saturated rings. The largest absolute Gasteiger partial charge is 0.456 e. The average Bonchev–Trinajstić information content (AvgIpc) is 3.24. The quantitative estimate of drug-likeness (QED) is 0.364. The van der Waals surface area contributed by atoms with Crippen molar-refractivity contribution in [3.63, 3.8) is 0 Å². The Morgan fingerprint density at radius 1 is 0.921 bits per heavy atom. The number of hydrogen-bond donors (Lipinski definition) is 0. The van der Waals surface area contributed by atoms with Crippen LogP contribution < -0.4 is 4.74 Å². The summed E-state index contributed by atoms with van der Waals surface area (Å²) in [5, 5.41) is 9.78. The van der Waals surface area contributed by atoms with Crippen molar-refractivity contribution in [2.24, 2.45) is 0 Å². The van der Waals surface area contributed by atoms with Crippen molar-refractivity contribution in [2.75, 3.05) is 19.6 Å². The van der Waals surface area contributed by atoms with E-state index in [0.29, 0.717) is 49.8 Å². The molecule has 6 bridgehead atoms. The Morgan fingerprint density at radius 2 is 1.79 bits per heavy atom. The summed E-state index contributed by atoms with van der Waals surface area (Å²) in [6.45, 7) is 7.68. The van der Waals surface area contributed by atoms with Crippen LogP contribution in [0.5, 0.6) is 11.5 Å². The number of aromatic nitrogens is 2. The molecule has 38 heavy (non-hydrogen) atoms. The van der Waals surface area contributed by atoms with Gasteiger partial charge in [0.2, 0.25) is 5.91 Å². The Bertz CT molecular complexity index is 1580. The average molecular weight is 504 g/mol. The van der Waals surface area contributed by atoms with Gasteiger partial charge in [0, 0.05) is 38.9 Å². The topological polar surface area (TPSA) is 74.4 Å². The molecule has 0 radical (unpaired) electrons. The second kappa shape index (κ2) is 9.81. The van der Waals surface area contributed by atoms with Gasteiger partial charge in [0.05, 0.1) is 17.8 Å². The number of amides is 1. The summed E-state index contributed by atoms with van der Waals surface area (Å²) < 4.78 is 8.52. The van der Waals surface area contributed by atoms with E-state index in [1.165, 1.54) is 5.56 Å². The minimum Gasteiger partial charge on any atom is -0.456 e. The minimum absolute atomic E-state index is 0.116. The van der Waals surface area contributed by atoms with Crippen molar-refractivity contribution in [1.82, 2.24) is 19.4 Å². The maximum atomic E-state index is 13.3. The van der Waals surface area contributed by atoms with Crippen LogP contribution in [-0.4, -0.2) is 44.9 Å². The molecule has 0 saturated carbocycles. The molecule has 1 saturated heterocycles. The number of carbonyl (C=O) groups excluding carboxylic acids is 1. The second-order valence-electron chi connectivity index (χ2n) is 10.1. The van der Waals surface area contributed by atoms with Crippen molar-refractivity contribution in [1.29, 1.82) is 5.26 Å². The summed E-state index contributed by atoms with van der Waals surface area (Å²) in [6, 6.07) is 22.3. The highest BCUT2D eigenvalue weighted by Crippen LogP contribution is 2.34. The molecule has 7 nitrogen and oxygen atoms in total. The molecule has 0 aliphatic carbocycles. The molecule has 0 spiro atoms. The Kier molecular flexibility index (Phi) is 6.18. The van der Waals surface area contributed by atoms with E-state index in [4.69, 9.17) is 4.74 Å². The van der Waals surface area contributed by atoms with Gasteiger partial charge < -0.3 is 14.2 Å². The normalized spacial score (nSPS) is 17.0. The van der Waals surface area contributed by atoms with Gasteiger partial charge in [0.1, 0.15) is 23.4 Å². The van der Waals surface area contributed by atoms with E-state index in [1.54, 1.807) is 0 Å². The first-order valence-electron chi connectivity index (χ1n) is 12.9. The van der Waals surface area contributed by atoms with Gasteiger partial charge in [-0.2, -0.15) is 5.26 Å². The molecule has 1 unspecified atom stereocenters. The van der Waals surface area contributed by atoms with Gasteiger partial charge in [-0.15, -0.1) is 0 Å². The number of piperazine rings is 1. The lowest BCUT2D eigenvalue weighted by molar-refractivity contribution is -0.136. The minimum atomic E-state index is 0.116. The van der Waals surface area contributed by atoms with Crippen LogP contribution in [-0.2, 0) is 24.4 Å². The lowest BCUT2D eigenvalue weighted by atomic mass is 9.95. The zero-order valence-corrected chi connectivity index (χ0v) is 21.6. The summed E-state index contributed by atoms with van der Waals surface area (Å²) in [5.74, 6) is 2.19. The lowest BCUT2D eigenvalue weighted by Crippen LogP contribution is -2.49. The highest BCUT2D eigenvalue weighted by atomic mass is 16.5. The first-order valence-corrected chi connectivity index (χ1v) is 12.9. The lowest BCUT2D eigenvalue weighted by Gasteiger charge is -2.35. The number of fused-ring (bicyclic) bond motifs is 2. The number of benzene rings is 3. The van der Waals surface area contributed by atoms with E-state index in [-0.39, 0.29) is 5.91 Å². The molecule has 0 N–H and O–H groups in total. The van der Waals surface area contributed by atoms with Crippen molar-refractivity contribution >= 4 is 5.91 Å². The van der Waals surface area contributed by atoms with Crippen LogP contribution in [0.2, 0.25) is 0 Å². The zero-order chi connectivity index (χ0) is 26.2. The van der Waals surface area contributed by atoms with Crippen LogP contribution >= 0.6 is 0 Å². The predicted octanol–water partition coefficient (Wildman–Crippen LogP) is 5.04. The van der Waals surface area contributed by atoms with Crippen LogP contribution in [0, 0.1) is 25.2 Å². The molecular formula is C31H29N5O2. The molecule has 1 aromatic heterocycles. The molecule has 3 aliphatic heterocycles. The van der Waals surface area contributed by atoms with Crippen molar-refractivity contribution in [3.8, 4) is 28.7 Å². The predicted molar refractivity (Wildman–Crippen MR) is 145 cm³/mol. The van der Waals surface area contributed by atoms with E-state index in [0.717, 1.165) is 40.3 Å². The smallest absolute Gasteiger partial charge is 0.237 e. The SMILES string of the molecule is Cc1ccccc1-c1ccc2cc1CN1CCN(CC1=O)Cc1cnc(C)n1Cc1ccc(C#N)c(c1)O2. The summed E-state index contributed by atoms with van der Waals surface area (Å²) in [5.41, 5.74) is 6.98. The molecule has 7 heteroatoms. The first-order chi connectivity index (χ1) is 18.5. The van der Waals surface area contributed by atoms with E-state index in [9.17, 15) is 10.1 Å². The fourth-order valence-corrected chi connectivity index (χ4v) is 5.41. The molecule has 4 aromatic rings. The molecule has 3 aromatic carbocycles. The molecule has 1 amide bonds. The first kappa shape index (κ1) is 24.0. The van der Waals surface area contributed by atoms with Gasteiger partial charge in [-0.25, -0.2) is 4.98 Å². The Morgan fingerprint density at radius 3 is 2.61 bits per heavy atom. The number of nitrogens with zero attached hydrogens (tertiary/aromatic N) is 5. The van der Waals surface area contributed by atoms with E-state index in [2.05, 4.69) is 45.6 Å². The van der Waals surface area contributed by atoms with Gasteiger partial charge in [-0.1, -0.05) is 36.4 Å². The van der Waals surface area contributed by atoms with Crippen molar-refractivity contribution in [3.05, 3.63) is 101 Å². The van der Waals surface area contributed by atoms with Crippen LogP contribution in [0.3, 0.4) is 0 Å². The fraction of sp³-hybridized carbons (Fsp3) is 0.258. The van der Waals surface area contributed by atoms with Crippen molar-refractivity contribution in [2.45, 2.75) is 33.5 Å². The third-order valence-electron chi connectivity index (χ3n) is 7.53. The van der Waals surface area contributed by atoms with Gasteiger partial charge in [0.25, 0.3) is 0 Å². The van der Waals surface area contributed by atoms with E-state index in [1.807, 2.05) is 60.5 Å². The maximum Gasteiger partial charge on any atom is 0.237 e.